The fraction of sp³-hybridized carbons (Fsp3) is 0.500. The first-order chi connectivity index (χ1) is 9.02. The van der Waals surface area contributed by atoms with E-state index in [0.29, 0.717) is 6.04 Å². The van der Waals surface area contributed by atoms with Crippen molar-refractivity contribution in [2.24, 2.45) is 0 Å². The molecule has 3 N–H and O–H groups in total. The van der Waals surface area contributed by atoms with Crippen LogP contribution in [0.25, 0.3) is 10.2 Å². The third-order valence-electron chi connectivity index (χ3n) is 3.13. The Morgan fingerprint density at radius 2 is 2.16 bits per heavy atom. The monoisotopic (exact) mass is 279 g/mol. The molecule has 1 aromatic heterocycles. The van der Waals surface area contributed by atoms with Crippen molar-refractivity contribution in [1.29, 1.82) is 0 Å². The van der Waals surface area contributed by atoms with Gasteiger partial charge >= 0.3 is 0 Å². The average Bonchev–Trinajstić information content (AvgIpc) is 2.68. The predicted molar refractivity (Wildman–Crippen MR) is 83.0 cm³/mol. The maximum atomic E-state index is 9.02. The van der Waals surface area contributed by atoms with Gasteiger partial charge in [-0.25, -0.2) is 4.98 Å². The Bertz CT molecular complexity index is 565. The Balaban J connectivity index is 2.42. The number of anilines is 2. The van der Waals surface area contributed by atoms with Crippen molar-refractivity contribution in [3.63, 3.8) is 0 Å². The van der Waals surface area contributed by atoms with Crippen molar-refractivity contribution >= 4 is 32.9 Å². The molecule has 2 aromatic rings. The van der Waals surface area contributed by atoms with E-state index < -0.39 is 0 Å². The van der Waals surface area contributed by atoms with E-state index >= 15 is 0 Å². The minimum Gasteiger partial charge on any atom is -0.397 e. The summed E-state index contributed by atoms with van der Waals surface area (Å²) in [7, 11) is 0. The molecule has 0 aliphatic heterocycles. The number of nitrogens with zero attached hydrogens (tertiary/aromatic N) is 2. The largest absolute Gasteiger partial charge is 0.397 e. The number of fused-ring (bicyclic) bond motifs is 1. The highest BCUT2D eigenvalue weighted by atomic mass is 32.1. The number of aryl methyl sites for hydroxylation is 1. The van der Waals surface area contributed by atoms with Crippen molar-refractivity contribution in [1.82, 2.24) is 4.98 Å². The number of hydrogen-bond donors (Lipinski definition) is 2. The van der Waals surface area contributed by atoms with Crippen LogP contribution in [-0.2, 0) is 0 Å². The van der Waals surface area contributed by atoms with E-state index in [2.05, 4.69) is 29.8 Å². The highest BCUT2D eigenvalue weighted by Crippen LogP contribution is 2.33. The average molecular weight is 279 g/mol. The van der Waals surface area contributed by atoms with Gasteiger partial charge in [0.25, 0.3) is 0 Å². The molecule has 19 heavy (non-hydrogen) atoms. The summed E-state index contributed by atoms with van der Waals surface area (Å²) in [6.07, 6.45) is 0.742. The molecule has 0 saturated carbocycles. The van der Waals surface area contributed by atoms with Gasteiger partial charge in [-0.2, -0.15) is 0 Å². The molecule has 5 heteroatoms. The number of hydrogen-bond acceptors (Lipinski definition) is 5. The lowest BCUT2D eigenvalue weighted by Gasteiger charge is -2.30. The van der Waals surface area contributed by atoms with Crippen LogP contribution in [0.15, 0.2) is 12.1 Å². The van der Waals surface area contributed by atoms with Crippen molar-refractivity contribution in [2.75, 3.05) is 23.8 Å². The number of aliphatic hydroxyl groups excluding tert-OH is 1. The molecule has 0 radical (unpaired) electrons. The first kappa shape index (κ1) is 14.1. The molecular formula is C14H21N3OS. The zero-order valence-electron chi connectivity index (χ0n) is 11.7. The Kier molecular flexibility index (Phi) is 4.27. The van der Waals surface area contributed by atoms with Crippen LogP contribution >= 0.6 is 11.3 Å². The summed E-state index contributed by atoms with van der Waals surface area (Å²) in [5.41, 5.74) is 8.98. The van der Waals surface area contributed by atoms with Crippen LogP contribution < -0.4 is 10.6 Å². The number of aliphatic hydroxyl groups is 1. The number of aromatic nitrogens is 1. The normalized spacial score (nSPS) is 11.4. The van der Waals surface area contributed by atoms with E-state index in [4.69, 9.17) is 10.8 Å². The second kappa shape index (κ2) is 5.75. The van der Waals surface area contributed by atoms with Gasteiger partial charge in [-0.3, -0.25) is 0 Å². The Hall–Kier alpha value is -1.33. The Labute approximate surface area is 117 Å². The van der Waals surface area contributed by atoms with Gasteiger partial charge in [-0.1, -0.05) is 0 Å². The first-order valence-electron chi connectivity index (χ1n) is 6.57. The van der Waals surface area contributed by atoms with Gasteiger partial charge in [0.15, 0.2) is 0 Å². The van der Waals surface area contributed by atoms with Crippen molar-refractivity contribution < 1.29 is 5.11 Å². The summed E-state index contributed by atoms with van der Waals surface area (Å²) >= 11 is 1.66. The van der Waals surface area contributed by atoms with Crippen LogP contribution in [0, 0.1) is 6.92 Å². The zero-order chi connectivity index (χ0) is 14.0. The van der Waals surface area contributed by atoms with E-state index in [1.54, 1.807) is 11.3 Å². The molecule has 0 atom stereocenters. The second-order valence-corrected chi connectivity index (χ2v) is 6.21. The molecule has 0 aliphatic rings. The molecule has 1 aromatic carbocycles. The molecule has 0 aliphatic carbocycles. The van der Waals surface area contributed by atoms with E-state index in [9.17, 15) is 0 Å². The number of nitrogen functional groups attached to an aromatic ring is 1. The van der Waals surface area contributed by atoms with Gasteiger partial charge in [-0.15, -0.1) is 11.3 Å². The number of rotatable bonds is 5. The van der Waals surface area contributed by atoms with Gasteiger partial charge < -0.3 is 15.7 Å². The van der Waals surface area contributed by atoms with Gasteiger partial charge in [0.1, 0.15) is 0 Å². The molecule has 2 rings (SSSR count). The van der Waals surface area contributed by atoms with Crippen molar-refractivity contribution in [3.8, 4) is 0 Å². The Morgan fingerprint density at radius 3 is 2.79 bits per heavy atom. The zero-order valence-corrected chi connectivity index (χ0v) is 12.5. The number of thiazole rings is 1. The summed E-state index contributed by atoms with van der Waals surface area (Å²) in [5, 5.41) is 10.1. The first-order valence-corrected chi connectivity index (χ1v) is 7.38. The number of benzene rings is 1. The molecule has 0 bridgehead atoms. The summed E-state index contributed by atoms with van der Waals surface area (Å²) in [6.45, 7) is 7.27. The van der Waals surface area contributed by atoms with Crippen LogP contribution in [0.2, 0.25) is 0 Å². The smallest absolute Gasteiger partial charge is 0.0907 e. The van der Waals surface area contributed by atoms with Gasteiger partial charge in [0.05, 0.1) is 26.6 Å². The summed E-state index contributed by atoms with van der Waals surface area (Å²) in [4.78, 5) is 6.75. The molecule has 0 amide bonds. The maximum absolute atomic E-state index is 9.02. The van der Waals surface area contributed by atoms with Gasteiger partial charge in [-0.05, 0) is 39.3 Å². The second-order valence-electron chi connectivity index (χ2n) is 4.98. The van der Waals surface area contributed by atoms with Crippen LogP contribution in [0.4, 0.5) is 11.4 Å². The van der Waals surface area contributed by atoms with Gasteiger partial charge in [0.2, 0.25) is 0 Å². The van der Waals surface area contributed by atoms with E-state index in [1.165, 1.54) is 0 Å². The highest BCUT2D eigenvalue weighted by molar-refractivity contribution is 7.18. The molecule has 0 saturated heterocycles. The quantitative estimate of drug-likeness (QED) is 0.826. The minimum atomic E-state index is 0.196. The topological polar surface area (TPSA) is 62.4 Å². The fourth-order valence-corrected chi connectivity index (χ4v) is 3.10. The summed E-state index contributed by atoms with van der Waals surface area (Å²) in [6, 6.07) is 4.40. The molecule has 0 spiro atoms. The van der Waals surface area contributed by atoms with Gasteiger partial charge in [0, 0.05) is 19.2 Å². The van der Waals surface area contributed by atoms with E-state index in [-0.39, 0.29) is 6.61 Å². The highest BCUT2D eigenvalue weighted by Gasteiger charge is 2.15. The Morgan fingerprint density at radius 1 is 1.42 bits per heavy atom. The van der Waals surface area contributed by atoms with Crippen molar-refractivity contribution in [3.05, 3.63) is 17.1 Å². The molecule has 0 unspecified atom stereocenters. The van der Waals surface area contributed by atoms with Crippen molar-refractivity contribution in [2.45, 2.75) is 33.2 Å². The van der Waals surface area contributed by atoms with Crippen LogP contribution in [0.1, 0.15) is 25.3 Å². The third kappa shape index (κ3) is 2.98. The van der Waals surface area contributed by atoms with E-state index in [1.807, 2.05) is 13.0 Å². The molecule has 1 heterocycles. The molecule has 104 valence electrons. The molecular weight excluding hydrogens is 258 g/mol. The fourth-order valence-electron chi connectivity index (χ4n) is 2.24. The summed E-state index contributed by atoms with van der Waals surface area (Å²) < 4.78 is 1.13. The van der Waals surface area contributed by atoms with E-state index in [0.717, 1.165) is 39.6 Å². The minimum absolute atomic E-state index is 0.196. The predicted octanol–water partition coefficient (Wildman–Crippen LogP) is 2.78. The number of nitrogens with two attached hydrogens (primary N) is 1. The maximum Gasteiger partial charge on any atom is 0.0907 e. The third-order valence-corrected chi connectivity index (χ3v) is 4.07. The van der Waals surface area contributed by atoms with Crippen LogP contribution in [0.3, 0.4) is 0 Å². The summed E-state index contributed by atoms with van der Waals surface area (Å²) in [5.74, 6) is 0. The lowest BCUT2D eigenvalue weighted by Crippen LogP contribution is -2.32. The molecule has 0 fully saturated rings. The standard InChI is InChI=1S/C14H21N3OS/c1-9(2)17(5-4-6-18)13-8-12-14(7-11(13)15)19-10(3)16-12/h7-9,18H,4-6,15H2,1-3H3. The SMILES string of the molecule is Cc1nc2cc(N(CCCO)C(C)C)c(N)cc2s1. The lowest BCUT2D eigenvalue weighted by atomic mass is 10.2. The van der Waals surface area contributed by atoms with Crippen LogP contribution in [-0.4, -0.2) is 29.3 Å². The van der Waals surface area contributed by atoms with Crippen LogP contribution in [0.5, 0.6) is 0 Å². The molecule has 4 nitrogen and oxygen atoms in total. The lowest BCUT2D eigenvalue weighted by molar-refractivity contribution is 0.288.